The summed E-state index contributed by atoms with van der Waals surface area (Å²) in [6.45, 7) is 6.06. The van der Waals surface area contributed by atoms with E-state index in [0.717, 1.165) is 24.8 Å². The van der Waals surface area contributed by atoms with Crippen molar-refractivity contribution in [1.29, 1.82) is 0 Å². The molecule has 1 rings (SSSR count). The maximum Gasteiger partial charge on any atom is 0.407 e. The second kappa shape index (κ2) is 9.61. The van der Waals surface area contributed by atoms with Gasteiger partial charge in [0, 0.05) is 18.5 Å². The highest BCUT2D eigenvalue weighted by Gasteiger charge is 2.15. The molecule has 0 radical (unpaired) electrons. The summed E-state index contributed by atoms with van der Waals surface area (Å²) in [5.41, 5.74) is 0.796. The number of benzene rings is 1. The molecule has 0 saturated heterocycles. The molecule has 0 aliphatic rings. The van der Waals surface area contributed by atoms with Crippen molar-refractivity contribution in [3.63, 3.8) is 0 Å². The van der Waals surface area contributed by atoms with Crippen LogP contribution in [-0.4, -0.2) is 31.3 Å². The van der Waals surface area contributed by atoms with Crippen molar-refractivity contribution in [1.82, 2.24) is 5.32 Å². The maximum absolute atomic E-state index is 11.4. The van der Waals surface area contributed by atoms with Crippen LogP contribution in [0, 0.1) is 11.8 Å². The lowest BCUT2D eigenvalue weighted by molar-refractivity contribution is 0.0525. The molecule has 24 heavy (non-hydrogen) atoms. The van der Waals surface area contributed by atoms with Crippen molar-refractivity contribution in [3.8, 4) is 11.8 Å². The largest absolute Gasteiger partial charge is 0.465 e. The monoisotopic (exact) mass is 331 g/mol. The zero-order chi connectivity index (χ0) is 18.0. The van der Waals surface area contributed by atoms with Gasteiger partial charge in [0.05, 0.1) is 12.7 Å². The molecule has 0 atom stereocenters. The van der Waals surface area contributed by atoms with Gasteiger partial charge in [-0.3, -0.25) is 0 Å². The van der Waals surface area contributed by atoms with E-state index < -0.39 is 11.7 Å². The number of amides is 1. The van der Waals surface area contributed by atoms with Gasteiger partial charge in [-0.1, -0.05) is 17.9 Å². The number of ether oxygens (including phenoxy) is 2. The average molecular weight is 331 g/mol. The Morgan fingerprint density at radius 3 is 2.62 bits per heavy atom. The van der Waals surface area contributed by atoms with Crippen LogP contribution < -0.4 is 5.32 Å². The first kappa shape index (κ1) is 19.6. The number of rotatable bonds is 5. The van der Waals surface area contributed by atoms with Crippen LogP contribution in [0.3, 0.4) is 0 Å². The molecule has 0 aromatic heterocycles. The van der Waals surface area contributed by atoms with Gasteiger partial charge < -0.3 is 14.8 Å². The summed E-state index contributed by atoms with van der Waals surface area (Å²) in [7, 11) is 1.35. The number of hydrogen-bond donors (Lipinski definition) is 1. The van der Waals surface area contributed by atoms with Crippen LogP contribution in [0.2, 0.25) is 0 Å². The third-order valence-corrected chi connectivity index (χ3v) is 2.91. The lowest BCUT2D eigenvalue weighted by Crippen LogP contribution is -2.32. The predicted molar refractivity (Wildman–Crippen MR) is 92.7 cm³/mol. The third kappa shape index (κ3) is 8.23. The van der Waals surface area contributed by atoms with Crippen molar-refractivity contribution in [3.05, 3.63) is 35.4 Å². The highest BCUT2D eigenvalue weighted by atomic mass is 16.6. The Hall–Kier alpha value is -2.48. The Morgan fingerprint density at radius 2 is 1.96 bits per heavy atom. The Balaban J connectivity index is 2.28. The molecule has 0 fully saturated rings. The second-order valence-electron chi connectivity index (χ2n) is 6.26. The molecule has 5 nitrogen and oxygen atoms in total. The van der Waals surface area contributed by atoms with Crippen LogP contribution in [0.4, 0.5) is 4.79 Å². The molecule has 1 aromatic carbocycles. The maximum atomic E-state index is 11.4. The first-order chi connectivity index (χ1) is 11.3. The fraction of sp³-hybridized carbons (Fsp3) is 0.474. The summed E-state index contributed by atoms with van der Waals surface area (Å²) in [5, 5.41) is 2.71. The van der Waals surface area contributed by atoms with Gasteiger partial charge in [0.1, 0.15) is 5.60 Å². The number of carbonyl (C=O) groups is 2. The van der Waals surface area contributed by atoms with E-state index in [9.17, 15) is 9.59 Å². The molecule has 0 aliphatic carbocycles. The van der Waals surface area contributed by atoms with Crippen LogP contribution in [0.1, 0.15) is 56.0 Å². The summed E-state index contributed by atoms with van der Waals surface area (Å²) in [5.74, 6) is 5.72. The van der Waals surface area contributed by atoms with Crippen molar-refractivity contribution in [2.45, 2.75) is 45.6 Å². The Bertz CT molecular complexity index is 620. The average Bonchev–Trinajstić information content (AvgIpc) is 2.51. The number of methoxy groups -OCH3 is 1. The van der Waals surface area contributed by atoms with Gasteiger partial charge in [0.2, 0.25) is 0 Å². The minimum Gasteiger partial charge on any atom is -0.465 e. The minimum absolute atomic E-state index is 0.369. The van der Waals surface area contributed by atoms with E-state index in [1.54, 1.807) is 18.2 Å². The molecule has 1 amide bonds. The Morgan fingerprint density at radius 1 is 1.21 bits per heavy atom. The minimum atomic E-state index is -0.478. The quantitative estimate of drug-likeness (QED) is 0.509. The van der Waals surface area contributed by atoms with Crippen LogP contribution >= 0.6 is 0 Å². The number of esters is 1. The van der Waals surface area contributed by atoms with Crippen molar-refractivity contribution in [2.75, 3.05) is 13.7 Å². The lowest BCUT2D eigenvalue weighted by atomic mass is 10.1. The number of carbonyl (C=O) groups excluding carboxylic acids is 2. The molecule has 130 valence electrons. The molecule has 0 bridgehead atoms. The SMILES string of the molecule is COC(=O)c1cccc(C#CCCCCNC(=O)OC(C)(C)C)c1. The molecule has 1 N–H and O–H groups in total. The molecule has 0 heterocycles. The van der Waals surface area contributed by atoms with E-state index in [1.165, 1.54) is 7.11 Å². The van der Waals surface area contributed by atoms with Gasteiger partial charge >= 0.3 is 12.1 Å². The molecule has 0 saturated carbocycles. The van der Waals surface area contributed by atoms with Crippen LogP contribution in [0.15, 0.2) is 24.3 Å². The van der Waals surface area contributed by atoms with E-state index >= 15 is 0 Å². The first-order valence-electron chi connectivity index (χ1n) is 7.96. The fourth-order valence-electron chi connectivity index (χ4n) is 1.85. The predicted octanol–water partition coefficient (Wildman–Crippen LogP) is 3.52. The zero-order valence-corrected chi connectivity index (χ0v) is 14.8. The number of hydrogen-bond acceptors (Lipinski definition) is 4. The first-order valence-corrected chi connectivity index (χ1v) is 7.96. The topological polar surface area (TPSA) is 64.6 Å². The molecule has 0 spiro atoms. The van der Waals surface area contributed by atoms with Crippen molar-refractivity contribution >= 4 is 12.1 Å². The highest BCUT2D eigenvalue weighted by molar-refractivity contribution is 5.89. The lowest BCUT2D eigenvalue weighted by Gasteiger charge is -2.19. The Labute approximate surface area is 143 Å². The van der Waals surface area contributed by atoms with Crippen molar-refractivity contribution in [2.24, 2.45) is 0 Å². The van der Waals surface area contributed by atoms with Crippen LogP contribution in [0.5, 0.6) is 0 Å². The molecule has 5 heteroatoms. The van der Waals surface area contributed by atoms with Gasteiger partial charge in [-0.15, -0.1) is 0 Å². The van der Waals surface area contributed by atoms with E-state index in [2.05, 4.69) is 21.9 Å². The summed E-state index contributed by atoms with van der Waals surface area (Å²) in [6, 6.07) is 7.03. The normalized spacial score (nSPS) is 10.3. The standard InChI is InChI=1S/C19H25NO4/c1-19(2,3)24-18(22)20-13-8-6-5-7-10-15-11-9-12-16(14-15)17(21)23-4/h9,11-12,14H,5-6,8,13H2,1-4H3,(H,20,22). The van der Waals surface area contributed by atoms with E-state index in [1.807, 2.05) is 26.8 Å². The summed E-state index contributed by atoms with van der Waals surface area (Å²) < 4.78 is 9.83. The van der Waals surface area contributed by atoms with Gasteiger partial charge in [-0.25, -0.2) is 9.59 Å². The second-order valence-corrected chi connectivity index (χ2v) is 6.26. The van der Waals surface area contributed by atoms with Gasteiger partial charge in [-0.05, 0) is 51.8 Å². The van der Waals surface area contributed by atoms with Crippen LogP contribution in [-0.2, 0) is 9.47 Å². The van der Waals surface area contributed by atoms with Gasteiger partial charge in [-0.2, -0.15) is 0 Å². The van der Waals surface area contributed by atoms with Gasteiger partial charge in [0.15, 0.2) is 0 Å². The summed E-state index contributed by atoms with van der Waals surface area (Å²) >= 11 is 0. The number of unbranched alkanes of at least 4 members (excludes halogenated alkanes) is 2. The van der Waals surface area contributed by atoms with Gasteiger partial charge in [0.25, 0.3) is 0 Å². The molecule has 0 aliphatic heterocycles. The molecular weight excluding hydrogens is 306 g/mol. The Kier molecular flexibility index (Phi) is 7.84. The number of nitrogens with one attached hydrogen (secondary N) is 1. The smallest absolute Gasteiger partial charge is 0.407 e. The zero-order valence-electron chi connectivity index (χ0n) is 14.8. The van der Waals surface area contributed by atoms with Crippen molar-refractivity contribution < 1.29 is 19.1 Å². The third-order valence-electron chi connectivity index (χ3n) is 2.91. The molecule has 0 unspecified atom stereocenters. The summed E-state index contributed by atoms with van der Waals surface area (Å²) in [6.07, 6.45) is 2.03. The summed E-state index contributed by atoms with van der Waals surface area (Å²) in [4.78, 5) is 22.9. The van der Waals surface area contributed by atoms with E-state index in [0.29, 0.717) is 12.1 Å². The van der Waals surface area contributed by atoms with E-state index in [4.69, 9.17) is 4.74 Å². The van der Waals surface area contributed by atoms with E-state index in [-0.39, 0.29) is 5.97 Å². The fourth-order valence-corrected chi connectivity index (χ4v) is 1.85. The molecule has 1 aromatic rings. The van der Waals surface area contributed by atoms with Crippen LogP contribution in [0.25, 0.3) is 0 Å². The highest BCUT2D eigenvalue weighted by Crippen LogP contribution is 2.07. The molecular formula is C19H25NO4. The number of alkyl carbamates (subject to hydrolysis) is 1.